The molecule has 3 N–H and O–H groups in total. The monoisotopic (exact) mass is 373 g/mol. The molecule has 0 aliphatic heterocycles. The Morgan fingerprint density at radius 1 is 1.04 bits per heavy atom. The van der Waals surface area contributed by atoms with E-state index in [2.05, 4.69) is 72.2 Å². The van der Waals surface area contributed by atoms with Gasteiger partial charge in [0.2, 0.25) is 5.95 Å². The highest BCUT2D eigenvalue weighted by atomic mass is 15.3. The molecule has 4 rings (SSSR count). The van der Waals surface area contributed by atoms with Crippen LogP contribution in [0.2, 0.25) is 0 Å². The maximum absolute atomic E-state index is 4.49. The first kappa shape index (κ1) is 17.8. The standard InChI is InChI=1S/C21H23N7/c1-28(2)17-9-7-16(8-10-17)25-20-14-24-27-21(26-20)22-12-11-15-13-23-19-6-4-3-5-18(15)19/h3-10,13-14,23H,11-12H2,1-2H3,(H2,22,25,26,27). The molecular weight excluding hydrogens is 350 g/mol. The molecule has 2 heterocycles. The minimum absolute atomic E-state index is 0.509. The molecule has 0 saturated carbocycles. The Morgan fingerprint density at radius 3 is 2.68 bits per heavy atom. The number of anilines is 4. The Hall–Kier alpha value is -3.61. The van der Waals surface area contributed by atoms with Crippen molar-refractivity contribution in [2.24, 2.45) is 0 Å². The normalized spacial score (nSPS) is 10.8. The number of fused-ring (bicyclic) bond motifs is 1. The van der Waals surface area contributed by atoms with E-state index in [9.17, 15) is 0 Å². The SMILES string of the molecule is CN(C)c1ccc(Nc2cnnc(NCCc3c[nH]c4ccccc34)n2)cc1. The number of rotatable bonds is 7. The van der Waals surface area contributed by atoms with Crippen molar-refractivity contribution in [3.8, 4) is 0 Å². The zero-order valence-corrected chi connectivity index (χ0v) is 16.0. The Balaban J connectivity index is 1.37. The van der Waals surface area contributed by atoms with Crippen molar-refractivity contribution >= 4 is 34.0 Å². The van der Waals surface area contributed by atoms with E-state index in [0.29, 0.717) is 11.8 Å². The summed E-state index contributed by atoms with van der Waals surface area (Å²) in [6.45, 7) is 0.727. The van der Waals surface area contributed by atoms with Crippen molar-refractivity contribution in [3.63, 3.8) is 0 Å². The van der Waals surface area contributed by atoms with Crippen LogP contribution >= 0.6 is 0 Å². The van der Waals surface area contributed by atoms with Gasteiger partial charge in [-0.3, -0.25) is 0 Å². The van der Waals surface area contributed by atoms with Gasteiger partial charge < -0.3 is 20.5 Å². The topological polar surface area (TPSA) is 81.8 Å². The highest BCUT2D eigenvalue weighted by Gasteiger charge is 2.05. The third-order valence-corrected chi connectivity index (χ3v) is 4.57. The molecule has 0 amide bonds. The molecule has 0 saturated heterocycles. The van der Waals surface area contributed by atoms with Crippen LogP contribution < -0.4 is 15.5 Å². The molecule has 0 unspecified atom stereocenters. The van der Waals surface area contributed by atoms with Crippen LogP contribution in [0.25, 0.3) is 10.9 Å². The Kier molecular flexibility index (Phi) is 5.05. The average molecular weight is 373 g/mol. The van der Waals surface area contributed by atoms with Crippen LogP contribution in [0.15, 0.2) is 60.9 Å². The lowest BCUT2D eigenvalue weighted by Crippen LogP contribution is -2.10. The quantitative estimate of drug-likeness (QED) is 0.457. The molecule has 0 spiro atoms. The first-order chi connectivity index (χ1) is 13.7. The van der Waals surface area contributed by atoms with E-state index in [4.69, 9.17) is 0 Å². The fourth-order valence-electron chi connectivity index (χ4n) is 3.08. The van der Waals surface area contributed by atoms with Crippen LogP contribution in [0.3, 0.4) is 0 Å². The van der Waals surface area contributed by atoms with Gasteiger partial charge in [0.25, 0.3) is 0 Å². The third-order valence-electron chi connectivity index (χ3n) is 4.57. The predicted molar refractivity (Wildman–Crippen MR) is 114 cm³/mol. The van der Waals surface area contributed by atoms with Crippen LogP contribution in [0.5, 0.6) is 0 Å². The molecule has 0 atom stereocenters. The summed E-state index contributed by atoms with van der Waals surface area (Å²) in [4.78, 5) is 9.85. The van der Waals surface area contributed by atoms with Gasteiger partial charge in [0.05, 0.1) is 6.20 Å². The summed E-state index contributed by atoms with van der Waals surface area (Å²) in [5, 5.41) is 15.9. The number of benzene rings is 2. The van der Waals surface area contributed by atoms with E-state index in [0.717, 1.165) is 29.9 Å². The van der Waals surface area contributed by atoms with E-state index in [1.165, 1.54) is 10.9 Å². The number of hydrogen-bond acceptors (Lipinski definition) is 6. The maximum Gasteiger partial charge on any atom is 0.244 e. The van der Waals surface area contributed by atoms with E-state index < -0.39 is 0 Å². The number of H-pyrrole nitrogens is 1. The third kappa shape index (κ3) is 4.03. The number of aromatic nitrogens is 4. The van der Waals surface area contributed by atoms with Crippen molar-refractivity contribution in [1.82, 2.24) is 20.2 Å². The molecule has 2 aromatic heterocycles. The summed E-state index contributed by atoms with van der Waals surface area (Å²) >= 11 is 0. The van der Waals surface area contributed by atoms with Gasteiger partial charge in [0.15, 0.2) is 5.82 Å². The second-order valence-electron chi connectivity index (χ2n) is 6.77. The Bertz CT molecular complexity index is 1050. The van der Waals surface area contributed by atoms with E-state index >= 15 is 0 Å². The van der Waals surface area contributed by atoms with Crippen molar-refractivity contribution in [3.05, 3.63) is 66.5 Å². The van der Waals surface area contributed by atoms with Crippen molar-refractivity contribution in [2.45, 2.75) is 6.42 Å². The predicted octanol–water partition coefficient (Wildman–Crippen LogP) is 3.82. The second-order valence-corrected chi connectivity index (χ2v) is 6.77. The molecule has 0 aliphatic rings. The summed E-state index contributed by atoms with van der Waals surface area (Å²) in [6, 6.07) is 16.4. The number of aromatic amines is 1. The van der Waals surface area contributed by atoms with Gasteiger partial charge in [-0.15, -0.1) is 5.10 Å². The minimum Gasteiger partial charge on any atom is -0.378 e. The first-order valence-electron chi connectivity index (χ1n) is 9.22. The van der Waals surface area contributed by atoms with Gasteiger partial charge in [0.1, 0.15) is 0 Å². The summed E-state index contributed by atoms with van der Waals surface area (Å²) in [5.41, 5.74) is 4.52. The van der Waals surface area contributed by atoms with Crippen LogP contribution in [0.4, 0.5) is 23.1 Å². The fraction of sp³-hybridized carbons (Fsp3) is 0.190. The molecule has 4 aromatic rings. The van der Waals surface area contributed by atoms with Gasteiger partial charge in [0, 0.05) is 49.1 Å². The van der Waals surface area contributed by atoms with E-state index in [1.807, 2.05) is 32.3 Å². The first-order valence-corrected chi connectivity index (χ1v) is 9.22. The number of hydrogen-bond donors (Lipinski definition) is 3. The molecule has 0 fully saturated rings. The lowest BCUT2D eigenvalue weighted by Gasteiger charge is -2.13. The average Bonchev–Trinajstić information content (AvgIpc) is 3.12. The summed E-state index contributed by atoms with van der Waals surface area (Å²) in [5.74, 6) is 1.16. The zero-order chi connectivity index (χ0) is 19.3. The summed E-state index contributed by atoms with van der Waals surface area (Å²) in [7, 11) is 4.04. The van der Waals surface area contributed by atoms with Gasteiger partial charge in [-0.1, -0.05) is 18.2 Å². The summed E-state index contributed by atoms with van der Waals surface area (Å²) < 4.78 is 0. The minimum atomic E-state index is 0.509. The maximum atomic E-state index is 4.49. The highest BCUT2D eigenvalue weighted by Crippen LogP contribution is 2.20. The largest absolute Gasteiger partial charge is 0.378 e. The number of para-hydroxylation sites is 1. The van der Waals surface area contributed by atoms with Crippen LogP contribution in [0.1, 0.15) is 5.56 Å². The molecular formula is C21H23N7. The Morgan fingerprint density at radius 2 is 1.86 bits per heavy atom. The number of nitrogens with one attached hydrogen (secondary N) is 3. The molecule has 0 radical (unpaired) electrons. The Labute approximate surface area is 163 Å². The van der Waals surface area contributed by atoms with Crippen LogP contribution in [-0.4, -0.2) is 40.8 Å². The highest BCUT2D eigenvalue weighted by molar-refractivity contribution is 5.83. The van der Waals surface area contributed by atoms with Crippen LogP contribution in [-0.2, 0) is 6.42 Å². The zero-order valence-electron chi connectivity index (χ0n) is 16.0. The second kappa shape index (κ2) is 7.96. The van der Waals surface area contributed by atoms with Crippen molar-refractivity contribution in [2.75, 3.05) is 36.2 Å². The lowest BCUT2D eigenvalue weighted by atomic mass is 10.1. The van der Waals surface area contributed by atoms with Gasteiger partial charge >= 0.3 is 0 Å². The lowest BCUT2D eigenvalue weighted by molar-refractivity contribution is 0.931. The van der Waals surface area contributed by atoms with E-state index in [-0.39, 0.29) is 0 Å². The molecule has 7 heteroatoms. The van der Waals surface area contributed by atoms with Gasteiger partial charge in [-0.05, 0) is 42.3 Å². The number of nitrogens with zero attached hydrogens (tertiary/aromatic N) is 4. The van der Waals surface area contributed by atoms with Crippen molar-refractivity contribution < 1.29 is 0 Å². The fourth-order valence-corrected chi connectivity index (χ4v) is 3.08. The molecule has 28 heavy (non-hydrogen) atoms. The molecule has 2 aromatic carbocycles. The molecule has 7 nitrogen and oxygen atoms in total. The molecule has 0 aliphatic carbocycles. The molecule has 142 valence electrons. The molecule has 0 bridgehead atoms. The van der Waals surface area contributed by atoms with Gasteiger partial charge in [-0.25, -0.2) is 0 Å². The van der Waals surface area contributed by atoms with Crippen LogP contribution in [0, 0.1) is 0 Å². The van der Waals surface area contributed by atoms with Crippen molar-refractivity contribution in [1.29, 1.82) is 0 Å². The van der Waals surface area contributed by atoms with Gasteiger partial charge in [-0.2, -0.15) is 10.1 Å². The summed E-state index contributed by atoms with van der Waals surface area (Å²) in [6.07, 6.45) is 4.54. The smallest absolute Gasteiger partial charge is 0.244 e. The van der Waals surface area contributed by atoms with E-state index in [1.54, 1.807) is 6.20 Å².